The molecule has 0 aliphatic carbocycles. The number of hydrogen-bond donors (Lipinski definition) is 1. The number of aryl methyl sites for hydroxylation is 2. The Morgan fingerprint density at radius 2 is 2.09 bits per heavy atom. The van der Waals surface area contributed by atoms with Crippen molar-refractivity contribution in [1.29, 1.82) is 0 Å². The van der Waals surface area contributed by atoms with Gasteiger partial charge in [0.2, 0.25) is 0 Å². The molecule has 1 amide bonds. The predicted molar refractivity (Wildman–Crippen MR) is 73.8 cm³/mol. The molecule has 0 aromatic carbocycles. The number of nitrogens with zero attached hydrogens (tertiary/aromatic N) is 4. The van der Waals surface area contributed by atoms with Gasteiger partial charge in [0.1, 0.15) is 5.02 Å². The fraction of sp³-hybridized carbons (Fsp3) is 0.417. The third kappa shape index (κ3) is 2.80. The highest BCUT2D eigenvalue weighted by Gasteiger charge is 2.40. The van der Waals surface area contributed by atoms with Crippen LogP contribution in [0.25, 0.3) is 0 Å². The summed E-state index contributed by atoms with van der Waals surface area (Å²) in [6, 6.07) is 0. The van der Waals surface area contributed by atoms with Crippen LogP contribution in [0.5, 0.6) is 0 Å². The smallest absolute Gasteiger partial charge is 0.318 e. The first-order valence-corrected chi connectivity index (χ1v) is 6.68. The van der Waals surface area contributed by atoms with Crippen molar-refractivity contribution >= 4 is 23.2 Å². The second kappa shape index (κ2) is 5.64. The van der Waals surface area contributed by atoms with Crippen molar-refractivity contribution in [2.45, 2.75) is 26.6 Å². The van der Waals surface area contributed by atoms with Crippen LogP contribution in [0.1, 0.15) is 28.8 Å². The van der Waals surface area contributed by atoms with Gasteiger partial charge in [-0.1, -0.05) is 11.6 Å². The lowest BCUT2D eigenvalue weighted by Gasteiger charge is -2.06. The standard InChI is InChI=1S/C12H13ClF3N5O/c1-4-21-6(2)7(5-17-21)18-11(22)9-8(13)10(12(14,15)16)20(3)19-9/h5H,4H2,1-3H3,(H,18,22). The minimum absolute atomic E-state index is 0.391. The summed E-state index contributed by atoms with van der Waals surface area (Å²) >= 11 is 5.66. The van der Waals surface area contributed by atoms with E-state index in [-0.39, 0.29) is 0 Å². The molecular formula is C12H13ClF3N5O. The lowest BCUT2D eigenvalue weighted by Crippen LogP contribution is -2.14. The summed E-state index contributed by atoms with van der Waals surface area (Å²) < 4.78 is 40.7. The molecule has 2 aromatic rings. The van der Waals surface area contributed by atoms with Crippen LogP contribution in [0.15, 0.2) is 6.20 Å². The van der Waals surface area contributed by atoms with Crippen molar-refractivity contribution in [3.63, 3.8) is 0 Å². The van der Waals surface area contributed by atoms with E-state index in [4.69, 9.17) is 11.6 Å². The molecule has 0 atom stereocenters. The Hall–Kier alpha value is -2.03. The fourth-order valence-corrected chi connectivity index (χ4v) is 2.37. The van der Waals surface area contributed by atoms with Crippen LogP contribution in [0.2, 0.25) is 5.02 Å². The Balaban J connectivity index is 2.33. The molecule has 2 rings (SSSR count). The maximum absolute atomic E-state index is 12.8. The topological polar surface area (TPSA) is 64.7 Å². The minimum atomic E-state index is -4.69. The SMILES string of the molecule is CCn1ncc(NC(=O)c2nn(C)c(C(F)(F)F)c2Cl)c1C. The van der Waals surface area contributed by atoms with Crippen LogP contribution in [-0.2, 0) is 19.8 Å². The molecule has 2 aromatic heterocycles. The maximum Gasteiger partial charge on any atom is 0.434 e. The van der Waals surface area contributed by atoms with Gasteiger partial charge in [-0.25, -0.2) is 0 Å². The molecule has 0 unspecified atom stereocenters. The van der Waals surface area contributed by atoms with Gasteiger partial charge in [-0.2, -0.15) is 23.4 Å². The number of alkyl halides is 3. The molecule has 0 saturated heterocycles. The first-order chi connectivity index (χ1) is 10.2. The van der Waals surface area contributed by atoms with E-state index in [1.165, 1.54) is 6.20 Å². The van der Waals surface area contributed by atoms with Gasteiger partial charge in [0, 0.05) is 13.6 Å². The summed E-state index contributed by atoms with van der Waals surface area (Å²) in [5, 5.41) is 9.32. The van der Waals surface area contributed by atoms with Gasteiger partial charge in [-0.05, 0) is 13.8 Å². The molecule has 0 bridgehead atoms. The van der Waals surface area contributed by atoms with E-state index in [0.717, 1.165) is 7.05 Å². The molecular weight excluding hydrogens is 323 g/mol. The highest BCUT2D eigenvalue weighted by molar-refractivity contribution is 6.34. The number of carbonyl (C=O) groups excluding carboxylic acids is 1. The van der Waals surface area contributed by atoms with Crippen molar-refractivity contribution < 1.29 is 18.0 Å². The summed E-state index contributed by atoms with van der Waals surface area (Å²) in [6.45, 7) is 4.20. The molecule has 120 valence electrons. The Morgan fingerprint density at radius 3 is 2.55 bits per heavy atom. The first-order valence-electron chi connectivity index (χ1n) is 6.30. The number of amides is 1. The summed E-state index contributed by atoms with van der Waals surface area (Å²) in [7, 11) is 1.08. The first kappa shape index (κ1) is 16.3. The molecule has 0 aliphatic heterocycles. The van der Waals surface area contributed by atoms with Crippen molar-refractivity contribution in [1.82, 2.24) is 19.6 Å². The van der Waals surface area contributed by atoms with Gasteiger partial charge < -0.3 is 5.32 Å². The molecule has 0 aliphatic rings. The Kier molecular flexibility index (Phi) is 4.19. The summed E-state index contributed by atoms with van der Waals surface area (Å²) in [5.74, 6) is -0.824. The molecule has 10 heteroatoms. The summed E-state index contributed by atoms with van der Waals surface area (Å²) in [5.41, 5.74) is -0.582. The predicted octanol–water partition coefficient (Wildman–Crippen LogP) is 2.87. The summed E-state index contributed by atoms with van der Waals surface area (Å²) in [4.78, 5) is 12.1. The van der Waals surface area contributed by atoms with Gasteiger partial charge >= 0.3 is 6.18 Å². The minimum Gasteiger partial charge on any atom is -0.318 e. The molecule has 6 nitrogen and oxygen atoms in total. The monoisotopic (exact) mass is 335 g/mol. The zero-order chi connectivity index (χ0) is 16.7. The van der Waals surface area contributed by atoms with Gasteiger partial charge in [0.05, 0.1) is 17.6 Å². The highest BCUT2D eigenvalue weighted by Crippen LogP contribution is 2.36. The quantitative estimate of drug-likeness (QED) is 0.938. The molecule has 0 saturated carbocycles. The normalized spacial score (nSPS) is 11.8. The number of aromatic nitrogens is 4. The summed E-state index contributed by atoms with van der Waals surface area (Å²) in [6.07, 6.45) is -3.28. The number of halogens is 4. The molecule has 0 spiro atoms. The third-order valence-corrected chi connectivity index (χ3v) is 3.48. The van der Waals surface area contributed by atoms with E-state index in [1.54, 1.807) is 11.6 Å². The fourth-order valence-electron chi connectivity index (χ4n) is 2.02. The van der Waals surface area contributed by atoms with Crippen LogP contribution in [0.4, 0.5) is 18.9 Å². The van der Waals surface area contributed by atoms with Crippen LogP contribution in [0.3, 0.4) is 0 Å². The Bertz CT molecular complexity index is 719. The third-order valence-electron chi connectivity index (χ3n) is 3.12. The zero-order valence-corrected chi connectivity index (χ0v) is 12.7. The van der Waals surface area contributed by atoms with Crippen molar-refractivity contribution in [3.8, 4) is 0 Å². The molecule has 0 fully saturated rings. The van der Waals surface area contributed by atoms with E-state index in [0.29, 0.717) is 22.6 Å². The van der Waals surface area contributed by atoms with E-state index in [2.05, 4.69) is 15.5 Å². The van der Waals surface area contributed by atoms with Gasteiger partial charge in [0.15, 0.2) is 11.4 Å². The maximum atomic E-state index is 12.8. The second-order valence-corrected chi connectivity index (χ2v) is 4.92. The average Bonchev–Trinajstić information content (AvgIpc) is 2.90. The Labute approximate surface area is 128 Å². The lowest BCUT2D eigenvalue weighted by molar-refractivity contribution is -0.143. The zero-order valence-electron chi connectivity index (χ0n) is 12.0. The van der Waals surface area contributed by atoms with E-state index >= 15 is 0 Å². The van der Waals surface area contributed by atoms with E-state index in [9.17, 15) is 18.0 Å². The van der Waals surface area contributed by atoms with Gasteiger partial charge in [-0.15, -0.1) is 0 Å². The molecule has 1 N–H and O–H groups in total. The molecule has 0 radical (unpaired) electrons. The molecule has 22 heavy (non-hydrogen) atoms. The van der Waals surface area contributed by atoms with Crippen LogP contribution < -0.4 is 5.32 Å². The van der Waals surface area contributed by atoms with Crippen LogP contribution in [0, 0.1) is 6.92 Å². The highest BCUT2D eigenvalue weighted by atomic mass is 35.5. The van der Waals surface area contributed by atoms with Gasteiger partial charge in [-0.3, -0.25) is 14.2 Å². The average molecular weight is 336 g/mol. The van der Waals surface area contributed by atoms with Crippen molar-refractivity contribution in [3.05, 3.63) is 28.3 Å². The number of carbonyl (C=O) groups is 1. The largest absolute Gasteiger partial charge is 0.434 e. The second-order valence-electron chi connectivity index (χ2n) is 4.55. The lowest BCUT2D eigenvalue weighted by atomic mass is 10.3. The number of nitrogens with one attached hydrogen (secondary N) is 1. The van der Waals surface area contributed by atoms with Crippen LogP contribution >= 0.6 is 11.6 Å². The van der Waals surface area contributed by atoms with E-state index in [1.807, 2.05) is 6.92 Å². The van der Waals surface area contributed by atoms with E-state index < -0.39 is 28.5 Å². The van der Waals surface area contributed by atoms with Crippen LogP contribution in [-0.4, -0.2) is 25.5 Å². The van der Waals surface area contributed by atoms with Gasteiger partial charge in [0.25, 0.3) is 5.91 Å². The number of rotatable bonds is 3. The number of hydrogen-bond acceptors (Lipinski definition) is 3. The number of anilines is 1. The van der Waals surface area contributed by atoms with Crippen molar-refractivity contribution in [2.75, 3.05) is 5.32 Å². The molecule has 2 heterocycles. The van der Waals surface area contributed by atoms with Crippen molar-refractivity contribution in [2.24, 2.45) is 7.05 Å². The Morgan fingerprint density at radius 1 is 1.45 bits per heavy atom.